The molecule has 37 heavy (non-hydrogen) atoms. The first-order valence-electron chi connectivity index (χ1n) is 12.0. The van der Waals surface area contributed by atoms with E-state index in [1.807, 2.05) is 24.3 Å². The van der Waals surface area contributed by atoms with Crippen molar-refractivity contribution in [1.29, 1.82) is 0 Å². The van der Waals surface area contributed by atoms with Gasteiger partial charge in [0.1, 0.15) is 0 Å². The van der Waals surface area contributed by atoms with Gasteiger partial charge in [0.25, 0.3) is 0 Å². The van der Waals surface area contributed by atoms with E-state index in [1.165, 1.54) is 23.3 Å². The van der Waals surface area contributed by atoms with Gasteiger partial charge in [-0.3, -0.25) is 4.21 Å². The minimum absolute atomic E-state index is 0.0334. The van der Waals surface area contributed by atoms with Crippen LogP contribution in [-0.2, 0) is 17.2 Å². The predicted octanol–water partition coefficient (Wildman–Crippen LogP) is 7.29. The molecule has 0 fully saturated rings. The number of benzene rings is 4. The number of hydrogen-bond acceptors (Lipinski definition) is 2. The van der Waals surface area contributed by atoms with Gasteiger partial charge in [-0.15, -0.1) is 0 Å². The molecule has 6 heteroatoms. The molecule has 4 aromatic carbocycles. The molecule has 0 radical (unpaired) electrons. The lowest BCUT2D eigenvalue weighted by Gasteiger charge is -2.23. The molecule has 1 unspecified atom stereocenters. The van der Waals surface area contributed by atoms with Crippen molar-refractivity contribution in [3.8, 4) is 0 Å². The molecular formula is C31H26ClNO3S. The standard InChI is InChI=1S/C31H26ClNO3S/c1-21-27(18-19-37(36)26-15-12-24(13-16-26)31(34)35)28-20-25(32)14-17-29(28)33(21)30(22-8-4-2-5-9-22)23-10-6-3-7-11-23/h2-17,20,30H,18-19H2,1H3,(H,34,35). The van der Waals surface area contributed by atoms with Crippen LogP contribution >= 0.6 is 11.6 Å². The van der Waals surface area contributed by atoms with E-state index < -0.39 is 16.8 Å². The zero-order chi connectivity index (χ0) is 25.9. The summed E-state index contributed by atoms with van der Waals surface area (Å²) in [5, 5.41) is 10.9. The smallest absolute Gasteiger partial charge is 0.335 e. The molecule has 0 aliphatic heterocycles. The molecule has 0 aliphatic carbocycles. The lowest BCUT2D eigenvalue weighted by molar-refractivity contribution is 0.0697. The van der Waals surface area contributed by atoms with E-state index in [0.717, 1.165) is 22.2 Å². The van der Waals surface area contributed by atoms with Gasteiger partial charge < -0.3 is 9.67 Å². The number of rotatable bonds is 8. The van der Waals surface area contributed by atoms with Crippen molar-refractivity contribution >= 4 is 39.3 Å². The van der Waals surface area contributed by atoms with Crippen LogP contribution in [-0.4, -0.2) is 25.6 Å². The van der Waals surface area contributed by atoms with E-state index in [9.17, 15) is 9.00 Å². The third-order valence-corrected chi connectivity index (χ3v) is 8.34. The molecular weight excluding hydrogens is 502 g/mol. The van der Waals surface area contributed by atoms with Crippen LogP contribution in [0, 0.1) is 6.92 Å². The SMILES string of the molecule is Cc1c(CCS(=O)c2ccc(C(=O)O)cc2)c2cc(Cl)ccc2n1C(c1ccccc1)c1ccccc1. The maximum atomic E-state index is 13.1. The number of aromatic nitrogens is 1. The average molecular weight is 528 g/mol. The molecule has 1 atom stereocenters. The molecule has 4 nitrogen and oxygen atoms in total. The van der Waals surface area contributed by atoms with Gasteiger partial charge >= 0.3 is 5.97 Å². The van der Waals surface area contributed by atoms with Crippen molar-refractivity contribution < 1.29 is 14.1 Å². The van der Waals surface area contributed by atoms with Crippen molar-refractivity contribution in [3.05, 3.63) is 136 Å². The molecule has 0 bridgehead atoms. The first-order chi connectivity index (χ1) is 17.9. The van der Waals surface area contributed by atoms with E-state index in [4.69, 9.17) is 16.7 Å². The van der Waals surface area contributed by atoms with Gasteiger partial charge in [0, 0.05) is 32.3 Å². The van der Waals surface area contributed by atoms with Crippen molar-refractivity contribution in [2.75, 3.05) is 5.75 Å². The number of aryl methyl sites for hydroxylation is 1. The molecule has 1 heterocycles. The summed E-state index contributed by atoms with van der Waals surface area (Å²) in [4.78, 5) is 11.8. The van der Waals surface area contributed by atoms with Gasteiger partial charge in [-0.1, -0.05) is 72.3 Å². The Balaban J connectivity index is 1.57. The maximum absolute atomic E-state index is 13.1. The number of nitrogens with zero attached hydrogens (tertiary/aromatic N) is 1. The number of hydrogen-bond donors (Lipinski definition) is 1. The molecule has 186 valence electrons. The van der Waals surface area contributed by atoms with E-state index in [2.05, 4.69) is 66.1 Å². The Bertz CT molecular complexity index is 1540. The van der Waals surface area contributed by atoms with Gasteiger partial charge in [-0.2, -0.15) is 0 Å². The Morgan fingerprint density at radius 1 is 0.892 bits per heavy atom. The Labute approximate surface area is 223 Å². The van der Waals surface area contributed by atoms with Crippen LogP contribution in [0.3, 0.4) is 0 Å². The largest absolute Gasteiger partial charge is 0.478 e. The molecule has 0 spiro atoms. The number of carboxylic acid groups (broad SMARTS) is 1. The Kier molecular flexibility index (Phi) is 7.26. The van der Waals surface area contributed by atoms with Crippen LogP contribution in [0.25, 0.3) is 10.9 Å². The molecule has 5 aromatic rings. The first-order valence-corrected chi connectivity index (χ1v) is 13.7. The summed E-state index contributed by atoms with van der Waals surface area (Å²) in [7, 11) is -1.27. The van der Waals surface area contributed by atoms with Crippen LogP contribution in [0.15, 0.2) is 108 Å². The van der Waals surface area contributed by atoms with Gasteiger partial charge in [-0.05, 0) is 72.5 Å². The second-order valence-corrected chi connectivity index (χ2v) is 11.0. The summed E-state index contributed by atoms with van der Waals surface area (Å²) in [6.07, 6.45) is 0.596. The topological polar surface area (TPSA) is 59.3 Å². The highest BCUT2D eigenvalue weighted by atomic mass is 35.5. The summed E-state index contributed by atoms with van der Waals surface area (Å²) in [5.41, 5.74) is 5.83. The van der Waals surface area contributed by atoms with Crippen molar-refractivity contribution in [1.82, 2.24) is 4.57 Å². The van der Waals surface area contributed by atoms with E-state index >= 15 is 0 Å². The minimum Gasteiger partial charge on any atom is -0.478 e. The van der Waals surface area contributed by atoms with Crippen LogP contribution < -0.4 is 0 Å². The van der Waals surface area contributed by atoms with Gasteiger partial charge in [0.2, 0.25) is 0 Å². The highest BCUT2D eigenvalue weighted by molar-refractivity contribution is 7.85. The van der Waals surface area contributed by atoms with Crippen LogP contribution in [0.5, 0.6) is 0 Å². The van der Waals surface area contributed by atoms with E-state index in [0.29, 0.717) is 22.1 Å². The normalized spacial score (nSPS) is 12.2. The molecule has 1 N–H and O–H groups in total. The number of carboxylic acids is 1. The Morgan fingerprint density at radius 3 is 2.05 bits per heavy atom. The maximum Gasteiger partial charge on any atom is 0.335 e. The lowest BCUT2D eigenvalue weighted by atomic mass is 9.98. The fourth-order valence-corrected chi connectivity index (χ4v) is 6.19. The second-order valence-electron chi connectivity index (χ2n) is 8.95. The highest BCUT2D eigenvalue weighted by Crippen LogP contribution is 2.37. The molecule has 0 saturated carbocycles. The molecule has 0 aliphatic rings. The summed E-state index contributed by atoms with van der Waals surface area (Å²) >= 11 is 6.45. The van der Waals surface area contributed by atoms with Crippen LogP contribution in [0.4, 0.5) is 0 Å². The van der Waals surface area contributed by atoms with Crippen molar-refractivity contribution in [2.45, 2.75) is 24.3 Å². The predicted molar refractivity (Wildman–Crippen MR) is 150 cm³/mol. The molecule has 1 aromatic heterocycles. The quantitative estimate of drug-likeness (QED) is 0.230. The minimum atomic E-state index is -1.27. The summed E-state index contributed by atoms with van der Waals surface area (Å²) < 4.78 is 15.5. The highest BCUT2D eigenvalue weighted by Gasteiger charge is 2.24. The van der Waals surface area contributed by atoms with E-state index in [-0.39, 0.29) is 11.6 Å². The second kappa shape index (κ2) is 10.8. The first kappa shape index (κ1) is 25.0. The number of aromatic carboxylic acids is 1. The average Bonchev–Trinajstić information content (AvgIpc) is 3.18. The van der Waals surface area contributed by atoms with Crippen molar-refractivity contribution in [2.24, 2.45) is 0 Å². The summed E-state index contributed by atoms with van der Waals surface area (Å²) in [6.45, 7) is 2.12. The third kappa shape index (κ3) is 5.10. The fourth-order valence-electron chi connectivity index (χ4n) is 4.95. The Morgan fingerprint density at radius 2 is 1.49 bits per heavy atom. The lowest BCUT2D eigenvalue weighted by Crippen LogP contribution is -2.14. The van der Waals surface area contributed by atoms with Crippen LogP contribution in [0.1, 0.15) is 38.8 Å². The van der Waals surface area contributed by atoms with Gasteiger partial charge in [0.05, 0.1) is 22.4 Å². The number of halogens is 1. The van der Waals surface area contributed by atoms with Crippen LogP contribution in [0.2, 0.25) is 5.02 Å². The van der Waals surface area contributed by atoms with Gasteiger partial charge in [0.15, 0.2) is 0 Å². The molecule has 0 amide bonds. The zero-order valence-electron chi connectivity index (χ0n) is 20.3. The zero-order valence-corrected chi connectivity index (χ0v) is 21.9. The monoisotopic (exact) mass is 527 g/mol. The number of carbonyl (C=O) groups is 1. The summed E-state index contributed by atoms with van der Waals surface area (Å²) in [6, 6.07) is 33.1. The third-order valence-electron chi connectivity index (χ3n) is 6.73. The van der Waals surface area contributed by atoms with Gasteiger partial charge in [-0.25, -0.2) is 4.79 Å². The Hall–Kier alpha value is -3.67. The molecule has 0 saturated heterocycles. The van der Waals surface area contributed by atoms with Crippen molar-refractivity contribution in [3.63, 3.8) is 0 Å². The summed E-state index contributed by atoms with van der Waals surface area (Å²) in [5.74, 6) is -0.579. The van der Waals surface area contributed by atoms with E-state index in [1.54, 1.807) is 12.1 Å². The molecule has 5 rings (SSSR count). The fraction of sp³-hybridized carbons (Fsp3) is 0.129. The number of fused-ring (bicyclic) bond motifs is 1.